The maximum absolute atomic E-state index is 14.5. The van der Waals surface area contributed by atoms with Crippen molar-refractivity contribution in [2.45, 2.75) is 176 Å². The zero-order chi connectivity index (χ0) is 72.5. The molecule has 3 aliphatic heterocycles. The number of nitrogens with zero attached hydrogens (tertiary/aromatic N) is 5. The average Bonchev–Trinajstić information content (AvgIpc) is 1.57. The van der Waals surface area contributed by atoms with Gasteiger partial charge >= 0.3 is 17.9 Å². The van der Waals surface area contributed by atoms with Crippen LogP contribution < -0.4 is 71.2 Å². The van der Waals surface area contributed by atoms with E-state index in [0.29, 0.717) is 6.42 Å². The molecule has 0 bridgehead atoms. The van der Waals surface area contributed by atoms with Gasteiger partial charge in [-0.1, -0.05) is 30.3 Å². The van der Waals surface area contributed by atoms with Crippen LogP contribution in [0.1, 0.15) is 102 Å². The predicted octanol–water partition coefficient (Wildman–Crippen LogP) is -8.39. The lowest BCUT2D eigenvalue weighted by Crippen LogP contribution is -2.61. The lowest BCUT2D eigenvalue weighted by atomic mass is 10.0. The molecule has 39 heteroatoms. The number of imidazole rings is 1. The van der Waals surface area contributed by atoms with Gasteiger partial charge in [0.2, 0.25) is 76.8 Å². The fourth-order valence-electron chi connectivity index (χ4n) is 11.3. The molecule has 39 nitrogen and oxygen atoms in total. The van der Waals surface area contributed by atoms with E-state index in [4.69, 9.17) is 33.8 Å². The molecule has 5 rings (SSSR count). The molecule has 1 aromatic heterocycles. The Bertz CT molecular complexity index is 3280. The van der Waals surface area contributed by atoms with Crippen molar-refractivity contribution in [3.63, 3.8) is 0 Å². The fraction of sp³-hybridized carbons (Fsp3) is 0.559. The van der Waals surface area contributed by atoms with E-state index in [1.165, 1.54) is 24.3 Å². The SMILES string of the molecule is C[C@H](NC(=O)[C@@H]1CCCN1C(=O)[C@H](CC(N)=O)NC(=O)[C@H](Cc1cnc[nH]1)NC(=O)[C@H](CCC(N)=O)NC(=O)[C@@H]1CCCN1C(=O)[C@@H](N)Cc1ccccc1)C(=O)N[C@@H](CCCN=C(N)N)C(=O)N[C@@H](CC(=O)O)C(=O)N1CCC[C@H]1C(=O)N[C@@H](CO)C(=O)N[C@@H](CC(=O)O)C(=O)O. The normalized spacial score (nSPS) is 18.4. The molecule has 0 unspecified atom stereocenters. The van der Waals surface area contributed by atoms with Gasteiger partial charge in [0.25, 0.3) is 0 Å². The number of benzene rings is 1. The Kier molecular flexibility index (Phi) is 29.7. The van der Waals surface area contributed by atoms with Crippen LogP contribution in [0.5, 0.6) is 0 Å². The van der Waals surface area contributed by atoms with Gasteiger partial charge in [-0.2, -0.15) is 0 Å². The topological polar surface area (TPSA) is 631 Å². The fourth-order valence-corrected chi connectivity index (χ4v) is 11.3. The molecular weight excluding hydrogens is 1290 g/mol. The number of amides is 13. The number of carboxylic acids is 3. The number of aliphatic imine (C=N–C) groups is 1. The molecule has 0 radical (unpaired) electrons. The van der Waals surface area contributed by atoms with Gasteiger partial charge in [0.15, 0.2) is 5.96 Å². The van der Waals surface area contributed by atoms with Gasteiger partial charge < -0.3 is 111 Å². The van der Waals surface area contributed by atoms with E-state index >= 15 is 0 Å². The zero-order valence-corrected chi connectivity index (χ0v) is 53.6. The first-order valence-corrected chi connectivity index (χ1v) is 31.4. The number of aliphatic carboxylic acids is 3. The Balaban J connectivity index is 1.28. The highest BCUT2D eigenvalue weighted by Gasteiger charge is 2.44. The second-order valence-electron chi connectivity index (χ2n) is 23.6. The summed E-state index contributed by atoms with van der Waals surface area (Å²) in [5, 5.41) is 57.0. The van der Waals surface area contributed by atoms with Gasteiger partial charge in [0, 0.05) is 50.9 Å². The Morgan fingerprint density at radius 2 is 1.01 bits per heavy atom. The number of nitrogens with two attached hydrogens (primary N) is 5. The van der Waals surface area contributed by atoms with Gasteiger partial charge in [0.05, 0.1) is 38.2 Å². The summed E-state index contributed by atoms with van der Waals surface area (Å²) < 4.78 is 0. The number of aromatic amines is 1. The number of aromatic nitrogens is 2. The van der Waals surface area contributed by atoms with Crippen LogP contribution in [-0.4, -0.2) is 251 Å². The van der Waals surface area contributed by atoms with E-state index in [1.54, 1.807) is 30.3 Å². The highest BCUT2D eigenvalue weighted by atomic mass is 16.4. The van der Waals surface area contributed by atoms with Crippen molar-refractivity contribution in [2.75, 3.05) is 32.8 Å². The van der Waals surface area contributed by atoms with Crippen molar-refractivity contribution in [1.29, 1.82) is 0 Å². The highest BCUT2D eigenvalue weighted by molar-refractivity contribution is 6.01. The first kappa shape index (κ1) is 77.8. The number of guanidine groups is 1. The van der Waals surface area contributed by atoms with Crippen molar-refractivity contribution in [1.82, 2.24) is 67.2 Å². The Labute approximate surface area is 559 Å². The third kappa shape index (κ3) is 23.5. The average molecular weight is 1380 g/mol. The number of rotatable bonds is 38. The number of H-pyrrole nitrogens is 1. The molecule has 13 amide bonds. The molecule has 4 heterocycles. The number of carboxylic acid groups (broad SMARTS) is 3. The Morgan fingerprint density at radius 3 is 1.50 bits per heavy atom. The third-order valence-electron chi connectivity index (χ3n) is 16.2. The van der Waals surface area contributed by atoms with E-state index in [0.717, 1.165) is 15.4 Å². The number of primary amides is 2. The summed E-state index contributed by atoms with van der Waals surface area (Å²) in [6.45, 7) is -0.185. The van der Waals surface area contributed by atoms with Crippen LogP contribution in [0, 0.1) is 0 Å². The maximum atomic E-state index is 14.5. The number of aliphatic hydroxyl groups excluding tert-OH is 1. The van der Waals surface area contributed by atoms with Crippen LogP contribution in [0.2, 0.25) is 0 Å². The Morgan fingerprint density at radius 1 is 0.551 bits per heavy atom. The van der Waals surface area contributed by atoms with Crippen LogP contribution in [0.15, 0.2) is 47.8 Å². The van der Waals surface area contributed by atoms with Crippen molar-refractivity contribution in [3.8, 4) is 0 Å². The molecule has 12 atom stereocenters. The van der Waals surface area contributed by atoms with Crippen molar-refractivity contribution in [2.24, 2.45) is 33.7 Å². The van der Waals surface area contributed by atoms with Crippen molar-refractivity contribution >= 4 is 101 Å². The second kappa shape index (κ2) is 37.4. The minimum absolute atomic E-state index is 0.0269. The summed E-state index contributed by atoms with van der Waals surface area (Å²) >= 11 is 0. The minimum atomic E-state index is -1.96. The number of hydrogen-bond acceptors (Lipinski definition) is 20. The van der Waals surface area contributed by atoms with Crippen LogP contribution in [-0.2, 0) is 89.6 Å². The highest BCUT2D eigenvalue weighted by Crippen LogP contribution is 2.23. The molecule has 3 aliphatic rings. The van der Waals surface area contributed by atoms with E-state index in [1.807, 2.05) is 5.32 Å². The number of carbonyl (C=O) groups excluding carboxylic acids is 13. The first-order chi connectivity index (χ1) is 46.4. The molecule has 1 aromatic carbocycles. The molecule has 0 aliphatic carbocycles. The van der Waals surface area contributed by atoms with E-state index in [-0.39, 0.29) is 102 Å². The third-order valence-corrected chi connectivity index (χ3v) is 16.2. The summed E-state index contributed by atoms with van der Waals surface area (Å²) in [6.07, 6.45) is -0.883. The van der Waals surface area contributed by atoms with Crippen molar-refractivity contribution in [3.05, 3.63) is 54.1 Å². The van der Waals surface area contributed by atoms with Crippen LogP contribution in [0.25, 0.3) is 0 Å². The van der Waals surface area contributed by atoms with Crippen LogP contribution >= 0.6 is 0 Å². The number of likely N-dealkylation sites (tertiary alicyclic amines) is 3. The van der Waals surface area contributed by atoms with Crippen molar-refractivity contribution < 1.29 is 97.1 Å². The molecule has 0 spiro atoms. The quantitative estimate of drug-likeness (QED) is 0.0169. The molecule has 0 saturated carbocycles. The van der Waals surface area contributed by atoms with Crippen LogP contribution in [0.4, 0.5) is 0 Å². The molecule has 3 saturated heterocycles. The number of nitrogens with one attached hydrogen (secondary N) is 9. The standard InChI is InChI=1S/C59H85N19O20/c1-29(47(86)69-33(11-5-17-66-59(63)64)48(87)73-37(24-45(82)83)57(96)78-20-8-14-42(78)54(93)75-39(27-79)51(90)74-38(58(97)98)25-46(84)85)68-52(91)40-12-7-19-77(40)56(95)36(23-44(62)81)72-50(89)35(22-31-26-65-28-67-31)71-49(88)34(15-16-43(61)80)70-53(92)41-13-6-18-76(41)55(94)32(60)21-30-9-3-2-4-10-30/h2-4,9-10,26,28-29,32-42,79H,5-8,11-25,27,60H2,1H3,(H2,61,80)(H2,62,81)(H,65,67)(H,68,91)(H,69,86)(H,70,92)(H,71,88)(H,72,89)(H,73,87)(H,74,90)(H,75,93)(H,82,83)(H,84,85)(H,97,98)(H4,63,64,66)/t29-,32-,33-,34-,35-,36-,37-,38-,39-,40-,41-,42-/m0/s1. The lowest BCUT2D eigenvalue weighted by molar-refractivity contribution is -0.148. The Hall–Kier alpha value is -10.9. The zero-order valence-electron chi connectivity index (χ0n) is 53.6. The van der Waals surface area contributed by atoms with E-state index in [9.17, 15) is 92.0 Å². The summed E-state index contributed by atoms with van der Waals surface area (Å²) in [4.78, 5) is 227. The summed E-state index contributed by atoms with van der Waals surface area (Å²) in [7, 11) is 0. The van der Waals surface area contributed by atoms with Gasteiger partial charge in [-0.15, -0.1) is 0 Å². The summed E-state index contributed by atoms with van der Waals surface area (Å²) in [6, 6.07) is -9.82. The molecule has 3 fully saturated rings. The van der Waals surface area contributed by atoms with Gasteiger partial charge in [-0.3, -0.25) is 76.9 Å². The second-order valence-corrected chi connectivity index (χ2v) is 23.6. The smallest absolute Gasteiger partial charge is 0.326 e. The number of carbonyl (C=O) groups is 16. The largest absolute Gasteiger partial charge is 0.481 e. The summed E-state index contributed by atoms with van der Waals surface area (Å²) in [5.41, 5.74) is 29.3. The molecule has 536 valence electrons. The number of aliphatic hydroxyl groups is 1. The monoisotopic (exact) mass is 1380 g/mol. The number of hydrogen-bond donors (Lipinski definition) is 18. The van der Waals surface area contributed by atoms with E-state index in [2.05, 4.69) is 52.2 Å². The van der Waals surface area contributed by atoms with E-state index < -0.39 is 199 Å². The minimum Gasteiger partial charge on any atom is -0.481 e. The lowest BCUT2D eigenvalue weighted by Gasteiger charge is -2.31. The molecule has 2 aromatic rings. The van der Waals surface area contributed by atoms with Crippen LogP contribution in [0.3, 0.4) is 0 Å². The maximum Gasteiger partial charge on any atom is 0.326 e. The molecule has 23 N–H and O–H groups in total. The van der Waals surface area contributed by atoms with Gasteiger partial charge in [-0.25, -0.2) is 9.78 Å². The molecule has 98 heavy (non-hydrogen) atoms. The van der Waals surface area contributed by atoms with Gasteiger partial charge in [-0.05, 0) is 76.7 Å². The first-order valence-electron chi connectivity index (χ1n) is 31.4. The summed E-state index contributed by atoms with van der Waals surface area (Å²) in [5.74, 6) is -18.2. The van der Waals surface area contributed by atoms with Gasteiger partial charge in [0.1, 0.15) is 66.5 Å². The predicted molar refractivity (Wildman–Crippen MR) is 337 cm³/mol. The molecular formula is C59H85N19O20.